The number of benzene rings is 1. The molecule has 8 nitrogen and oxygen atoms in total. The van der Waals surface area contributed by atoms with Crippen LogP contribution in [0.4, 0.5) is 11.4 Å². The summed E-state index contributed by atoms with van der Waals surface area (Å²) in [5.74, 6) is 5.05. The second-order valence-corrected chi connectivity index (χ2v) is 4.77. The molecule has 1 saturated heterocycles. The van der Waals surface area contributed by atoms with Crippen LogP contribution in [-0.2, 0) is 11.3 Å². The largest absolute Gasteiger partial charge is 0.368 e. The molecule has 1 aliphatic heterocycles. The Morgan fingerprint density at radius 1 is 1.55 bits per heavy atom. The molecule has 8 heteroatoms. The number of nitrogen functional groups attached to an aromatic ring is 1. The van der Waals surface area contributed by atoms with Gasteiger partial charge < -0.3 is 11.2 Å². The van der Waals surface area contributed by atoms with Gasteiger partial charge in [0.2, 0.25) is 5.91 Å². The van der Waals surface area contributed by atoms with E-state index in [0.717, 1.165) is 19.4 Å². The summed E-state index contributed by atoms with van der Waals surface area (Å²) < 4.78 is 0. The van der Waals surface area contributed by atoms with Crippen LogP contribution in [0.3, 0.4) is 0 Å². The maximum absolute atomic E-state index is 11.4. The Balaban J connectivity index is 2.25. The first-order chi connectivity index (χ1) is 9.52. The molecule has 0 radical (unpaired) electrons. The Bertz CT molecular complexity index is 534. The minimum absolute atomic E-state index is 0.00572. The van der Waals surface area contributed by atoms with Crippen LogP contribution in [0.2, 0.25) is 0 Å². The molecule has 1 aromatic rings. The van der Waals surface area contributed by atoms with Crippen molar-refractivity contribution in [2.24, 2.45) is 11.6 Å². The zero-order valence-corrected chi connectivity index (χ0v) is 10.9. The molecular formula is C12H17N5O3. The highest BCUT2D eigenvalue weighted by Crippen LogP contribution is 2.26. The molecule has 1 fully saturated rings. The molecule has 0 aliphatic carbocycles. The molecule has 0 aromatic heterocycles. The van der Waals surface area contributed by atoms with Crippen LogP contribution >= 0.6 is 0 Å². The quantitative estimate of drug-likeness (QED) is 0.405. The number of carbonyl (C=O) groups is 1. The first-order valence-corrected chi connectivity index (χ1v) is 6.30. The van der Waals surface area contributed by atoms with Crippen molar-refractivity contribution in [2.75, 3.05) is 12.0 Å². The zero-order chi connectivity index (χ0) is 14.7. The Labute approximate surface area is 115 Å². The predicted octanol–water partition coefficient (Wildman–Crippen LogP) is 0.330. The van der Waals surface area contributed by atoms with Crippen LogP contribution in [0.15, 0.2) is 18.2 Å². The molecule has 108 valence electrons. The summed E-state index contributed by atoms with van der Waals surface area (Å²) in [5.41, 5.74) is 9.15. The molecule has 1 amide bonds. The molecule has 2 rings (SSSR count). The van der Waals surface area contributed by atoms with E-state index in [1.54, 1.807) is 6.07 Å². The number of non-ortho nitro benzene ring substituents is 1. The lowest BCUT2D eigenvalue weighted by atomic mass is 10.1. The Morgan fingerprint density at radius 3 is 2.90 bits per heavy atom. The molecule has 0 spiro atoms. The SMILES string of the molecule is NNc1ccc([N+](=O)[O-])cc1CN1CCCC1C(N)=O. The van der Waals surface area contributed by atoms with Crippen molar-refractivity contribution in [1.29, 1.82) is 0 Å². The number of nitrogens with zero attached hydrogens (tertiary/aromatic N) is 2. The van der Waals surface area contributed by atoms with E-state index in [4.69, 9.17) is 11.6 Å². The zero-order valence-electron chi connectivity index (χ0n) is 10.9. The van der Waals surface area contributed by atoms with Crippen LogP contribution in [0.5, 0.6) is 0 Å². The first kappa shape index (κ1) is 14.2. The van der Waals surface area contributed by atoms with E-state index in [1.165, 1.54) is 12.1 Å². The summed E-state index contributed by atoms with van der Waals surface area (Å²) in [6, 6.07) is 4.09. The fourth-order valence-corrected chi connectivity index (χ4v) is 2.52. The van der Waals surface area contributed by atoms with E-state index in [9.17, 15) is 14.9 Å². The van der Waals surface area contributed by atoms with Crippen LogP contribution in [-0.4, -0.2) is 28.3 Å². The van der Waals surface area contributed by atoms with Crippen molar-refractivity contribution in [1.82, 2.24) is 4.90 Å². The highest BCUT2D eigenvalue weighted by molar-refractivity contribution is 5.80. The molecule has 0 saturated carbocycles. The van der Waals surface area contributed by atoms with Gasteiger partial charge in [0.25, 0.3) is 5.69 Å². The van der Waals surface area contributed by atoms with Gasteiger partial charge in [0, 0.05) is 18.7 Å². The number of hydrazine groups is 1. The van der Waals surface area contributed by atoms with E-state index in [2.05, 4.69) is 5.43 Å². The second kappa shape index (κ2) is 5.85. The number of likely N-dealkylation sites (tertiary alicyclic amines) is 1. The molecule has 1 atom stereocenters. The summed E-state index contributed by atoms with van der Waals surface area (Å²) in [6.45, 7) is 1.13. The number of hydrogen-bond acceptors (Lipinski definition) is 6. The minimum atomic E-state index is -0.459. The highest BCUT2D eigenvalue weighted by Gasteiger charge is 2.29. The second-order valence-electron chi connectivity index (χ2n) is 4.77. The van der Waals surface area contributed by atoms with Gasteiger partial charge >= 0.3 is 0 Å². The molecule has 20 heavy (non-hydrogen) atoms. The van der Waals surface area contributed by atoms with Crippen LogP contribution < -0.4 is 17.0 Å². The lowest BCUT2D eigenvalue weighted by Crippen LogP contribution is -2.39. The Kier molecular flexibility index (Phi) is 4.16. The average molecular weight is 279 g/mol. The van der Waals surface area contributed by atoms with Gasteiger partial charge in [-0.1, -0.05) is 0 Å². The molecule has 1 heterocycles. The Morgan fingerprint density at radius 2 is 2.30 bits per heavy atom. The van der Waals surface area contributed by atoms with E-state index in [-0.39, 0.29) is 17.6 Å². The average Bonchev–Trinajstić information content (AvgIpc) is 2.87. The lowest BCUT2D eigenvalue weighted by molar-refractivity contribution is -0.384. The number of nitro groups is 1. The number of primary amides is 1. The third-order valence-corrected chi connectivity index (χ3v) is 3.52. The van der Waals surface area contributed by atoms with Crippen LogP contribution in [0, 0.1) is 10.1 Å². The van der Waals surface area contributed by atoms with Gasteiger partial charge in [-0.15, -0.1) is 0 Å². The maximum atomic E-state index is 11.4. The van der Waals surface area contributed by atoms with Crippen molar-refractivity contribution in [3.8, 4) is 0 Å². The summed E-state index contributed by atoms with van der Waals surface area (Å²) in [4.78, 5) is 23.7. The summed E-state index contributed by atoms with van der Waals surface area (Å²) >= 11 is 0. The maximum Gasteiger partial charge on any atom is 0.269 e. The number of amides is 1. The smallest absolute Gasteiger partial charge is 0.269 e. The van der Waals surface area contributed by atoms with Crippen molar-refractivity contribution < 1.29 is 9.72 Å². The number of nitrogens with two attached hydrogens (primary N) is 2. The number of hydrogen-bond donors (Lipinski definition) is 3. The van der Waals surface area contributed by atoms with Gasteiger partial charge in [0.1, 0.15) is 0 Å². The van der Waals surface area contributed by atoms with Crippen molar-refractivity contribution in [3.05, 3.63) is 33.9 Å². The summed E-state index contributed by atoms with van der Waals surface area (Å²) in [7, 11) is 0. The number of anilines is 1. The predicted molar refractivity (Wildman–Crippen MR) is 73.5 cm³/mol. The van der Waals surface area contributed by atoms with Gasteiger partial charge in [-0.2, -0.15) is 0 Å². The van der Waals surface area contributed by atoms with Crippen LogP contribution in [0.25, 0.3) is 0 Å². The summed E-state index contributed by atoms with van der Waals surface area (Å²) in [5, 5.41) is 10.8. The molecule has 0 bridgehead atoms. The third-order valence-electron chi connectivity index (χ3n) is 3.52. The first-order valence-electron chi connectivity index (χ1n) is 6.30. The number of nitro benzene ring substituents is 1. The third kappa shape index (κ3) is 2.86. The van der Waals surface area contributed by atoms with E-state index in [1.807, 2.05) is 4.90 Å². The molecule has 1 aliphatic rings. The van der Waals surface area contributed by atoms with Crippen molar-refractivity contribution in [3.63, 3.8) is 0 Å². The van der Waals surface area contributed by atoms with E-state index < -0.39 is 4.92 Å². The van der Waals surface area contributed by atoms with Crippen molar-refractivity contribution in [2.45, 2.75) is 25.4 Å². The number of nitrogens with one attached hydrogen (secondary N) is 1. The lowest BCUT2D eigenvalue weighted by Gasteiger charge is -2.22. The fraction of sp³-hybridized carbons (Fsp3) is 0.417. The number of carbonyl (C=O) groups excluding carboxylic acids is 1. The minimum Gasteiger partial charge on any atom is -0.368 e. The van der Waals surface area contributed by atoms with Crippen LogP contribution in [0.1, 0.15) is 18.4 Å². The van der Waals surface area contributed by atoms with Gasteiger partial charge in [0.15, 0.2) is 0 Å². The topological polar surface area (TPSA) is 128 Å². The van der Waals surface area contributed by atoms with Gasteiger partial charge in [-0.05, 0) is 31.0 Å². The van der Waals surface area contributed by atoms with Gasteiger partial charge in [0.05, 0.1) is 16.7 Å². The molecule has 1 unspecified atom stereocenters. The molecule has 5 N–H and O–H groups in total. The number of rotatable bonds is 5. The van der Waals surface area contributed by atoms with Gasteiger partial charge in [-0.25, -0.2) is 0 Å². The molecular weight excluding hydrogens is 262 g/mol. The standard InChI is InChI=1S/C12H17N5O3/c13-12(18)11-2-1-5-16(11)7-8-6-9(17(19)20)3-4-10(8)15-14/h3-4,6,11,15H,1-2,5,7,14H2,(H2,13,18). The highest BCUT2D eigenvalue weighted by atomic mass is 16.6. The van der Waals surface area contributed by atoms with Gasteiger partial charge in [-0.3, -0.25) is 25.7 Å². The fourth-order valence-electron chi connectivity index (χ4n) is 2.52. The normalized spacial score (nSPS) is 18.9. The summed E-state index contributed by atoms with van der Waals surface area (Å²) in [6.07, 6.45) is 1.60. The molecule has 1 aromatic carbocycles. The Hall–Kier alpha value is -2.19. The van der Waals surface area contributed by atoms with E-state index >= 15 is 0 Å². The van der Waals surface area contributed by atoms with Crippen molar-refractivity contribution >= 4 is 17.3 Å². The monoisotopic (exact) mass is 279 g/mol. The van der Waals surface area contributed by atoms with E-state index in [0.29, 0.717) is 17.8 Å².